The van der Waals surface area contributed by atoms with Gasteiger partial charge in [-0.1, -0.05) is 237 Å². The van der Waals surface area contributed by atoms with Crippen molar-refractivity contribution in [2.75, 3.05) is 13.2 Å². The standard InChI is InChI=1S/C61H112O6/c1-4-7-10-13-16-19-22-25-27-29-31-33-34-36-39-42-45-48-51-54-60(63)66-57-58(56-65-59(62)53-50-47-44-41-38-24-21-18-15-12-9-6-3)67-61(64)55-52-49-46-43-40-37-35-32-30-28-26-23-20-17-14-11-8-5-2/h18,21,29,31-32,35,58H,4-17,19-20,22-28,30,33-34,36-57H2,1-3H3/b21-18-,31-29-,35-32-. The Morgan fingerprint density at radius 3 is 0.776 bits per heavy atom. The summed E-state index contributed by atoms with van der Waals surface area (Å²) in [5.41, 5.74) is 0. The van der Waals surface area contributed by atoms with Gasteiger partial charge in [0.2, 0.25) is 0 Å². The lowest BCUT2D eigenvalue weighted by atomic mass is 10.1. The van der Waals surface area contributed by atoms with Crippen molar-refractivity contribution < 1.29 is 28.6 Å². The molecule has 0 rings (SSSR count). The van der Waals surface area contributed by atoms with Crippen LogP contribution in [-0.2, 0) is 28.6 Å². The van der Waals surface area contributed by atoms with Gasteiger partial charge in [0.05, 0.1) is 0 Å². The van der Waals surface area contributed by atoms with Crippen molar-refractivity contribution >= 4 is 17.9 Å². The van der Waals surface area contributed by atoms with Gasteiger partial charge in [-0.25, -0.2) is 0 Å². The fourth-order valence-corrected chi connectivity index (χ4v) is 8.60. The third-order valence-corrected chi connectivity index (χ3v) is 13.1. The maximum absolute atomic E-state index is 12.9. The molecule has 0 bridgehead atoms. The number of unbranched alkanes of at least 4 members (excludes halogenated alkanes) is 37. The largest absolute Gasteiger partial charge is 0.462 e. The zero-order valence-corrected chi connectivity index (χ0v) is 44.9. The summed E-state index contributed by atoms with van der Waals surface area (Å²) in [7, 11) is 0. The zero-order valence-electron chi connectivity index (χ0n) is 44.9. The molecule has 6 heteroatoms. The van der Waals surface area contributed by atoms with E-state index in [1.807, 2.05) is 0 Å². The average Bonchev–Trinajstić information content (AvgIpc) is 3.33. The van der Waals surface area contributed by atoms with Gasteiger partial charge in [-0.2, -0.15) is 0 Å². The predicted octanol–water partition coefficient (Wildman–Crippen LogP) is 19.7. The van der Waals surface area contributed by atoms with E-state index < -0.39 is 6.10 Å². The topological polar surface area (TPSA) is 78.9 Å². The highest BCUT2D eigenvalue weighted by atomic mass is 16.6. The molecule has 0 amide bonds. The van der Waals surface area contributed by atoms with Crippen molar-refractivity contribution in [1.82, 2.24) is 0 Å². The van der Waals surface area contributed by atoms with Crippen LogP contribution in [0.3, 0.4) is 0 Å². The lowest BCUT2D eigenvalue weighted by molar-refractivity contribution is -0.167. The minimum absolute atomic E-state index is 0.0783. The van der Waals surface area contributed by atoms with Crippen LogP contribution in [0.4, 0.5) is 0 Å². The second-order valence-corrected chi connectivity index (χ2v) is 19.9. The number of carbonyl (C=O) groups is 3. The van der Waals surface area contributed by atoms with Crippen molar-refractivity contribution in [2.24, 2.45) is 0 Å². The number of esters is 3. The Morgan fingerprint density at radius 2 is 0.493 bits per heavy atom. The normalized spacial score (nSPS) is 12.2. The van der Waals surface area contributed by atoms with E-state index >= 15 is 0 Å². The first-order chi connectivity index (χ1) is 33.0. The van der Waals surface area contributed by atoms with Gasteiger partial charge in [0, 0.05) is 19.3 Å². The monoisotopic (exact) mass is 941 g/mol. The minimum Gasteiger partial charge on any atom is -0.462 e. The van der Waals surface area contributed by atoms with Crippen LogP contribution in [0.5, 0.6) is 0 Å². The van der Waals surface area contributed by atoms with Crippen molar-refractivity contribution in [3.05, 3.63) is 36.5 Å². The summed E-state index contributed by atoms with van der Waals surface area (Å²) in [6.45, 7) is 6.64. The molecule has 0 saturated heterocycles. The molecule has 0 aliphatic heterocycles. The molecule has 392 valence electrons. The first-order valence-electron chi connectivity index (χ1n) is 29.5. The van der Waals surface area contributed by atoms with Gasteiger partial charge in [0.1, 0.15) is 13.2 Å². The fraction of sp³-hybridized carbons (Fsp3) is 0.852. The van der Waals surface area contributed by atoms with Crippen LogP contribution in [0.15, 0.2) is 36.5 Å². The highest BCUT2D eigenvalue weighted by molar-refractivity contribution is 5.71. The van der Waals surface area contributed by atoms with Crippen molar-refractivity contribution in [1.29, 1.82) is 0 Å². The molecule has 67 heavy (non-hydrogen) atoms. The first kappa shape index (κ1) is 64.6. The van der Waals surface area contributed by atoms with Crippen LogP contribution in [-0.4, -0.2) is 37.2 Å². The molecule has 0 heterocycles. The number of carbonyl (C=O) groups excluding carboxylic acids is 3. The summed E-state index contributed by atoms with van der Waals surface area (Å²) in [5, 5.41) is 0. The van der Waals surface area contributed by atoms with Crippen molar-refractivity contribution in [3.63, 3.8) is 0 Å². The van der Waals surface area contributed by atoms with Crippen LogP contribution in [0.1, 0.15) is 316 Å². The molecule has 0 aromatic carbocycles. The molecule has 0 radical (unpaired) electrons. The van der Waals surface area contributed by atoms with Gasteiger partial charge in [-0.15, -0.1) is 0 Å². The third kappa shape index (κ3) is 54.4. The zero-order chi connectivity index (χ0) is 48.6. The summed E-state index contributed by atoms with van der Waals surface area (Å²) in [6.07, 6.45) is 67.1. The molecule has 0 N–H and O–H groups in total. The van der Waals surface area contributed by atoms with Crippen LogP contribution in [0.2, 0.25) is 0 Å². The number of hydrogen-bond acceptors (Lipinski definition) is 6. The predicted molar refractivity (Wildman–Crippen MR) is 289 cm³/mol. The van der Waals surface area contributed by atoms with Crippen LogP contribution < -0.4 is 0 Å². The van der Waals surface area contributed by atoms with Crippen LogP contribution in [0.25, 0.3) is 0 Å². The number of hydrogen-bond donors (Lipinski definition) is 0. The molecule has 0 aliphatic rings. The number of allylic oxidation sites excluding steroid dienone is 6. The van der Waals surface area contributed by atoms with Gasteiger partial charge in [0.15, 0.2) is 6.10 Å². The molecule has 0 saturated carbocycles. The second-order valence-electron chi connectivity index (χ2n) is 19.9. The summed E-state index contributed by atoms with van der Waals surface area (Å²) < 4.78 is 16.9. The highest BCUT2D eigenvalue weighted by Crippen LogP contribution is 2.16. The van der Waals surface area contributed by atoms with Gasteiger partial charge in [0.25, 0.3) is 0 Å². The number of ether oxygens (including phenoxy) is 3. The Hall–Kier alpha value is -2.37. The van der Waals surface area contributed by atoms with Crippen molar-refractivity contribution in [3.8, 4) is 0 Å². The van der Waals surface area contributed by atoms with Gasteiger partial charge < -0.3 is 14.2 Å². The van der Waals surface area contributed by atoms with E-state index in [2.05, 4.69) is 57.2 Å². The SMILES string of the molecule is CCCCC/C=C\CCCCCCCC(=O)OCC(COC(=O)CCCCCCCCC/C=C\CCCCCCCCCC)OC(=O)CCCCCCC/C=C\CCCCCCCCCCC. The molecule has 0 spiro atoms. The molecule has 0 fully saturated rings. The Bertz CT molecular complexity index is 1130. The van der Waals surface area contributed by atoms with Crippen molar-refractivity contribution in [2.45, 2.75) is 322 Å². The molecule has 6 nitrogen and oxygen atoms in total. The van der Waals surface area contributed by atoms with E-state index in [1.165, 1.54) is 205 Å². The number of rotatable bonds is 54. The van der Waals surface area contributed by atoms with E-state index in [0.717, 1.165) is 70.6 Å². The maximum Gasteiger partial charge on any atom is 0.306 e. The quantitative estimate of drug-likeness (QED) is 0.0262. The third-order valence-electron chi connectivity index (χ3n) is 13.1. The molecule has 1 unspecified atom stereocenters. The van der Waals surface area contributed by atoms with E-state index in [9.17, 15) is 14.4 Å². The molecule has 1 atom stereocenters. The van der Waals surface area contributed by atoms with E-state index in [4.69, 9.17) is 14.2 Å². The maximum atomic E-state index is 12.9. The Labute approximate surface area is 416 Å². The lowest BCUT2D eigenvalue weighted by Gasteiger charge is -2.18. The Kier molecular flexibility index (Phi) is 54.2. The van der Waals surface area contributed by atoms with E-state index in [0.29, 0.717) is 19.3 Å². The second kappa shape index (κ2) is 56.2. The van der Waals surface area contributed by atoms with Gasteiger partial charge >= 0.3 is 17.9 Å². The fourth-order valence-electron chi connectivity index (χ4n) is 8.60. The molecular formula is C61H112O6. The average molecular weight is 942 g/mol. The van der Waals surface area contributed by atoms with Gasteiger partial charge in [-0.05, 0) is 96.3 Å². The minimum atomic E-state index is -0.780. The smallest absolute Gasteiger partial charge is 0.306 e. The summed E-state index contributed by atoms with van der Waals surface area (Å²) in [5.74, 6) is -0.884. The molecule has 0 aromatic heterocycles. The van der Waals surface area contributed by atoms with Crippen LogP contribution in [0, 0.1) is 0 Å². The Morgan fingerprint density at radius 1 is 0.284 bits per heavy atom. The van der Waals surface area contributed by atoms with E-state index in [-0.39, 0.29) is 31.1 Å². The summed E-state index contributed by atoms with van der Waals surface area (Å²) in [4.78, 5) is 38.1. The molecule has 0 aromatic rings. The van der Waals surface area contributed by atoms with E-state index in [1.54, 1.807) is 0 Å². The summed E-state index contributed by atoms with van der Waals surface area (Å²) >= 11 is 0. The Balaban J connectivity index is 4.33. The summed E-state index contributed by atoms with van der Waals surface area (Å²) in [6, 6.07) is 0. The molecular weight excluding hydrogens is 829 g/mol. The first-order valence-corrected chi connectivity index (χ1v) is 29.5. The van der Waals surface area contributed by atoms with Crippen LogP contribution >= 0.6 is 0 Å². The highest BCUT2D eigenvalue weighted by Gasteiger charge is 2.19. The van der Waals surface area contributed by atoms with Gasteiger partial charge in [-0.3, -0.25) is 14.4 Å². The lowest BCUT2D eigenvalue weighted by Crippen LogP contribution is -2.30. The molecule has 0 aliphatic carbocycles.